The van der Waals surface area contributed by atoms with Gasteiger partial charge >= 0.3 is 0 Å². The predicted molar refractivity (Wildman–Crippen MR) is 113 cm³/mol. The summed E-state index contributed by atoms with van der Waals surface area (Å²) in [5.41, 5.74) is 3.82. The number of rotatable bonds is 6. The molecule has 2 aromatic carbocycles. The van der Waals surface area contributed by atoms with Crippen LogP contribution in [-0.4, -0.2) is 22.7 Å². The van der Waals surface area contributed by atoms with Gasteiger partial charge < -0.3 is 15.2 Å². The monoisotopic (exact) mass is 386 g/mol. The average Bonchev–Trinajstić information content (AvgIpc) is 2.63. The van der Waals surface area contributed by atoms with Gasteiger partial charge in [0.15, 0.2) is 11.7 Å². The maximum Gasteiger partial charge on any atom is 0.264 e. The molecule has 0 fully saturated rings. The molecule has 2 rings (SSSR count). The van der Waals surface area contributed by atoms with Crippen molar-refractivity contribution >= 4 is 28.9 Å². The zero-order valence-corrected chi connectivity index (χ0v) is 16.9. The van der Waals surface area contributed by atoms with Crippen molar-refractivity contribution in [3.63, 3.8) is 0 Å². The molecule has 0 saturated carbocycles. The normalized spacial score (nSPS) is 11.6. The summed E-state index contributed by atoms with van der Waals surface area (Å²) >= 11 is 5.17. The lowest BCUT2D eigenvalue weighted by Gasteiger charge is -2.15. The second-order valence-electron chi connectivity index (χ2n) is 6.62. The topological polar surface area (TPSA) is 70.6 Å². The third-order valence-electron chi connectivity index (χ3n) is 4.55. The first kappa shape index (κ1) is 20.7. The Morgan fingerprint density at radius 1 is 1.19 bits per heavy atom. The lowest BCUT2D eigenvalue weighted by Crippen LogP contribution is -2.37. The molecule has 0 aromatic heterocycles. The summed E-state index contributed by atoms with van der Waals surface area (Å²) in [6.07, 6.45) is 0.987. The van der Waals surface area contributed by atoms with E-state index in [0.29, 0.717) is 17.4 Å². The van der Waals surface area contributed by atoms with Gasteiger partial charge in [0.25, 0.3) is 5.91 Å². The van der Waals surface area contributed by atoms with Gasteiger partial charge in [-0.25, -0.2) is 0 Å². The third kappa shape index (κ3) is 5.96. The number of hydrogen-bond acceptors (Lipinski definition) is 4. The Kier molecular flexibility index (Phi) is 7.19. The van der Waals surface area contributed by atoms with Crippen LogP contribution in [0.25, 0.3) is 0 Å². The van der Waals surface area contributed by atoms with Crippen molar-refractivity contribution in [3.8, 4) is 11.5 Å². The first-order valence-electron chi connectivity index (χ1n) is 8.94. The minimum Gasteiger partial charge on any atom is -0.506 e. The molecule has 144 valence electrons. The molecular formula is C21H26N2O3S. The first-order valence-corrected chi connectivity index (χ1v) is 9.34. The van der Waals surface area contributed by atoms with Gasteiger partial charge in [-0.3, -0.25) is 10.1 Å². The number of nitrogens with one attached hydrogen (secondary N) is 2. The number of phenolic OH excluding ortho intramolecular Hbond substituents is 1. The largest absolute Gasteiger partial charge is 0.506 e. The Morgan fingerprint density at radius 2 is 1.93 bits per heavy atom. The second kappa shape index (κ2) is 9.37. The van der Waals surface area contributed by atoms with Gasteiger partial charge in [-0.2, -0.15) is 0 Å². The molecule has 27 heavy (non-hydrogen) atoms. The number of phenols is 1. The number of ether oxygens (including phenoxy) is 1. The summed E-state index contributed by atoms with van der Waals surface area (Å²) in [5, 5.41) is 15.6. The SMILES string of the molecule is CCC(C)c1ccc(O)c(NC(=S)NC(=O)COc2ccc(C)c(C)c2)c1. The minimum absolute atomic E-state index is 0.0741. The van der Waals surface area contributed by atoms with Gasteiger partial charge in [-0.15, -0.1) is 0 Å². The molecule has 0 saturated heterocycles. The highest BCUT2D eigenvalue weighted by atomic mass is 32.1. The van der Waals surface area contributed by atoms with Crippen LogP contribution >= 0.6 is 12.2 Å². The van der Waals surface area contributed by atoms with Crippen molar-refractivity contribution in [2.75, 3.05) is 11.9 Å². The smallest absolute Gasteiger partial charge is 0.264 e. The lowest BCUT2D eigenvalue weighted by molar-refractivity contribution is -0.121. The van der Waals surface area contributed by atoms with E-state index in [-0.39, 0.29) is 23.4 Å². The quantitative estimate of drug-likeness (QED) is 0.507. The zero-order chi connectivity index (χ0) is 20.0. The van der Waals surface area contributed by atoms with Gasteiger partial charge in [0.05, 0.1) is 5.69 Å². The summed E-state index contributed by atoms with van der Waals surface area (Å²) in [7, 11) is 0. The Bertz CT molecular complexity index is 836. The molecule has 0 heterocycles. The van der Waals surface area contributed by atoms with Crippen molar-refractivity contribution < 1.29 is 14.6 Å². The van der Waals surface area contributed by atoms with Crippen LogP contribution in [0, 0.1) is 13.8 Å². The minimum atomic E-state index is -0.372. The van der Waals surface area contributed by atoms with E-state index in [4.69, 9.17) is 17.0 Å². The van der Waals surface area contributed by atoms with E-state index in [1.807, 2.05) is 44.2 Å². The fourth-order valence-corrected chi connectivity index (χ4v) is 2.69. The Labute approximate surface area is 165 Å². The van der Waals surface area contributed by atoms with Crippen LogP contribution in [0.2, 0.25) is 0 Å². The summed E-state index contributed by atoms with van der Waals surface area (Å²) in [5.74, 6) is 0.694. The van der Waals surface area contributed by atoms with E-state index < -0.39 is 0 Å². The molecule has 0 aliphatic carbocycles. The summed E-state index contributed by atoms with van der Waals surface area (Å²) in [4.78, 5) is 12.0. The molecule has 1 atom stereocenters. The fraction of sp³-hybridized carbons (Fsp3) is 0.333. The van der Waals surface area contributed by atoms with Gasteiger partial charge in [0.1, 0.15) is 11.5 Å². The van der Waals surface area contributed by atoms with Crippen molar-refractivity contribution in [3.05, 3.63) is 53.1 Å². The van der Waals surface area contributed by atoms with E-state index in [2.05, 4.69) is 24.5 Å². The standard InChI is InChI=1S/C21H26N2O3S/c1-5-13(2)16-7-9-19(24)18(11-16)22-21(27)23-20(25)12-26-17-8-6-14(3)15(4)10-17/h6-11,13,24H,5,12H2,1-4H3,(H2,22,23,25,27). The fourth-order valence-electron chi connectivity index (χ4n) is 2.46. The average molecular weight is 387 g/mol. The molecule has 1 unspecified atom stereocenters. The maximum absolute atomic E-state index is 12.0. The van der Waals surface area contributed by atoms with Crippen LogP contribution in [0.4, 0.5) is 5.69 Å². The third-order valence-corrected chi connectivity index (χ3v) is 4.76. The predicted octanol–water partition coefficient (Wildman–Crippen LogP) is 4.41. The van der Waals surface area contributed by atoms with E-state index in [0.717, 1.165) is 23.1 Å². The van der Waals surface area contributed by atoms with E-state index in [9.17, 15) is 9.90 Å². The van der Waals surface area contributed by atoms with Crippen LogP contribution < -0.4 is 15.4 Å². The Hall–Kier alpha value is -2.60. The molecule has 0 radical (unpaired) electrons. The van der Waals surface area contributed by atoms with Gasteiger partial charge in [0, 0.05) is 0 Å². The molecule has 0 aliphatic rings. The van der Waals surface area contributed by atoms with Crippen LogP contribution in [0.15, 0.2) is 36.4 Å². The molecule has 1 amide bonds. The number of thiocarbonyl (C=S) groups is 1. The molecule has 5 nitrogen and oxygen atoms in total. The zero-order valence-electron chi connectivity index (χ0n) is 16.1. The number of anilines is 1. The van der Waals surface area contributed by atoms with Crippen molar-refractivity contribution in [2.45, 2.75) is 40.0 Å². The van der Waals surface area contributed by atoms with Crippen molar-refractivity contribution in [1.82, 2.24) is 5.32 Å². The molecule has 2 aromatic rings. The summed E-state index contributed by atoms with van der Waals surface area (Å²) < 4.78 is 5.49. The Morgan fingerprint density at radius 3 is 2.59 bits per heavy atom. The molecule has 0 aliphatic heterocycles. The highest BCUT2D eigenvalue weighted by Gasteiger charge is 2.11. The number of benzene rings is 2. The first-order chi connectivity index (χ1) is 12.8. The van der Waals surface area contributed by atoms with Gasteiger partial charge in [-0.05, 0) is 79.4 Å². The van der Waals surface area contributed by atoms with Crippen LogP contribution in [0.5, 0.6) is 11.5 Å². The van der Waals surface area contributed by atoms with E-state index in [1.165, 1.54) is 0 Å². The second-order valence-corrected chi connectivity index (χ2v) is 7.03. The number of aryl methyl sites for hydroxylation is 2. The number of hydrogen-bond donors (Lipinski definition) is 3. The van der Waals surface area contributed by atoms with Crippen molar-refractivity contribution in [2.24, 2.45) is 0 Å². The molecule has 0 spiro atoms. The van der Waals surface area contributed by atoms with E-state index in [1.54, 1.807) is 6.07 Å². The Balaban J connectivity index is 1.91. The lowest BCUT2D eigenvalue weighted by atomic mass is 9.98. The number of carbonyl (C=O) groups excluding carboxylic acids is 1. The van der Waals surface area contributed by atoms with Gasteiger partial charge in [0.2, 0.25) is 0 Å². The van der Waals surface area contributed by atoms with Crippen LogP contribution in [0.3, 0.4) is 0 Å². The molecule has 6 heteroatoms. The summed E-state index contributed by atoms with van der Waals surface area (Å²) in [6.45, 7) is 8.07. The maximum atomic E-state index is 12.0. The number of aromatic hydroxyl groups is 1. The summed E-state index contributed by atoms with van der Waals surface area (Å²) in [6, 6.07) is 11.0. The van der Waals surface area contributed by atoms with Gasteiger partial charge in [-0.1, -0.05) is 26.0 Å². The molecule has 3 N–H and O–H groups in total. The van der Waals surface area contributed by atoms with E-state index >= 15 is 0 Å². The van der Waals surface area contributed by atoms with Crippen molar-refractivity contribution in [1.29, 1.82) is 0 Å². The van der Waals surface area contributed by atoms with Crippen LogP contribution in [-0.2, 0) is 4.79 Å². The highest BCUT2D eigenvalue weighted by Crippen LogP contribution is 2.29. The van der Waals surface area contributed by atoms with Crippen LogP contribution in [0.1, 0.15) is 42.9 Å². The number of amides is 1. The number of carbonyl (C=O) groups is 1. The highest BCUT2D eigenvalue weighted by molar-refractivity contribution is 7.80. The molecular weight excluding hydrogens is 360 g/mol. The molecule has 0 bridgehead atoms.